The maximum atomic E-state index is 10.8. The van der Waals surface area contributed by atoms with Crippen molar-refractivity contribution in [3.05, 3.63) is 0 Å². The SMILES string of the molecule is CC.CC1CN(C(C)C)CCC1CC(N)=O. The summed E-state index contributed by atoms with van der Waals surface area (Å²) in [5.41, 5.74) is 5.23. The van der Waals surface area contributed by atoms with Gasteiger partial charge in [0, 0.05) is 19.0 Å². The smallest absolute Gasteiger partial charge is 0.217 e. The maximum absolute atomic E-state index is 10.8. The van der Waals surface area contributed by atoms with E-state index in [0.29, 0.717) is 24.3 Å². The molecule has 1 rings (SSSR count). The topological polar surface area (TPSA) is 46.3 Å². The second kappa shape index (κ2) is 7.66. The van der Waals surface area contributed by atoms with Gasteiger partial charge in [-0.3, -0.25) is 4.79 Å². The van der Waals surface area contributed by atoms with Crippen LogP contribution in [0.5, 0.6) is 0 Å². The molecule has 0 aromatic rings. The average Bonchev–Trinajstić information content (AvgIpc) is 2.23. The molecular weight excluding hydrogens is 200 g/mol. The van der Waals surface area contributed by atoms with Gasteiger partial charge < -0.3 is 10.6 Å². The third-order valence-corrected chi connectivity index (χ3v) is 3.31. The fraction of sp³-hybridized carbons (Fsp3) is 0.923. The first kappa shape index (κ1) is 15.4. The molecule has 0 aromatic heterocycles. The van der Waals surface area contributed by atoms with Crippen molar-refractivity contribution in [2.24, 2.45) is 17.6 Å². The van der Waals surface area contributed by atoms with Crippen molar-refractivity contribution in [1.82, 2.24) is 4.90 Å². The van der Waals surface area contributed by atoms with E-state index >= 15 is 0 Å². The van der Waals surface area contributed by atoms with Crippen LogP contribution in [0.25, 0.3) is 0 Å². The molecule has 2 atom stereocenters. The third kappa shape index (κ3) is 4.97. The molecule has 1 amide bonds. The second-order valence-electron chi connectivity index (χ2n) is 4.79. The van der Waals surface area contributed by atoms with Gasteiger partial charge in [0.2, 0.25) is 5.91 Å². The van der Waals surface area contributed by atoms with Gasteiger partial charge in [-0.1, -0.05) is 20.8 Å². The van der Waals surface area contributed by atoms with Crippen LogP contribution in [0, 0.1) is 11.8 Å². The lowest BCUT2D eigenvalue weighted by molar-refractivity contribution is -0.119. The normalized spacial score (nSPS) is 26.1. The van der Waals surface area contributed by atoms with Crippen molar-refractivity contribution >= 4 is 5.91 Å². The molecule has 1 aliphatic heterocycles. The van der Waals surface area contributed by atoms with Crippen molar-refractivity contribution < 1.29 is 4.79 Å². The lowest BCUT2D eigenvalue weighted by atomic mass is 9.84. The molecule has 1 aliphatic rings. The molecule has 16 heavy (non-hydrogen) atoms. The summed E-state index contributed by atoms with van der Waals surface area (Å²) in [5, 5.41) is 0. The second-order valence-corrected chi connectivity index (χ2v) is 4.79. The van der Waals surface area contributed by atoms with Crippen molar-refractivity contribution in [3.63, 3.8) is 0 Å². The van der Waals surface area contributed by atoms with Gasteiger partial charge in [0.05, 0.1) is 0 Å². The van der Waals surface area contributed by atoms with Crippen molar-refractivity contribution in [1.29, 1.82) is 0 Å². The van der Waals surface area contributed by atoms with E-state index in [-0.39, 0.29) is 5.91 Å². The van der Waals surface area contributed by atoms with E-state index in [0.717, 1.165) is 19.5 Å². The molecule has 2 unspecified atom stereocenters. The summed E-state index contributed by atoms with van der Waals surface area (Å²) in [6.07, 6.45) is 1.68. The van der Waals surface area contributed by atoms with E-state index in [9.17, 15) is 4.79 Å². The van der Waals surface area contributed by atoms with E-state index in [4.69, 9.17) is 5.73 Å². The monoisotopic (exact) mass is 228 g/mol. The first-order valence-electron chi connectivity index (χ1n) is 6.53. The highest BCUT2D eigenvalue weighted by Gasteiger charge is 2.27. The van der Waals surface area contributed by atoms with Gasteiger partial charge in [0.1, 0.15) is 0 Å². The Morgan fingerprint density at radius 2 is 2.00 bits per heavy atom. The minimum Gasteiger partial charge on any atom is -0.370 e. The largest absolute Gasteiger partial charge is 0.370 e. The van der Waals surface area contributed by atoms with E-state index in [1.54, 1.807) is 0 Å². The van der Waals surface area contributed by atoms with E-state index < -0.39 is 0 Å². The number of rotatable bonds is 3. The zero-order valence-corrected chi connectivity index (χ0v) is 11.5. The lowest BCUT2D eigenvalue weighted by Crippen LogP contribution is -2.43. The number of likely N-dealkylation sites (tertiary alicyclic amines) is 1. The molecule has 3 heteroatoms. The van der Waals surface area contributed by atoms with Crippen LogP contribution in [0.15, 0.2) is 0 Å². The molecule has 0 radical (unpaired) electrons. The maximum Gasteiger partial charge on any atom is 0.217 e. The Labute approximate surface area is 100 Å². The highest BCUT2D eigenvalue weighted by Crippen LogP contribution is 2.26. The zero-order valence-electron chi connectivity index (χ0n) is 11.5. The molecule has 0 saturated carbocycles. The molecule has 0 bridgehead atoms. The van der Waals surface area contributed by atoms with Gasteiger partial charge in [-0.2, -0.15) is 0 Å². The molecule has 1 heterocycles. The van der Waals surface area contributed by atoms with E-state index in [1.807, 2.05) is 13.8 Å². The van der Waals surface area contributed by atoms with Gasteiger partial charge in [0.25, 0.3) is 0 Å². The Hall–Kier alpha value is -0.570. The van der Waals surface area contributed by atoms with Gasteiger partial charge in [-0.05, 0) is 38.6 Å². The van der Waals surface area contributed by atoms with Crippen molar-refractivity contribution in [2.45, 2.75) is 53.5 Å². The lowest BCUT2D eigenvalue weighted by Gasteiger charge is -2.38. The molecule has 2 N–H and O–H groups in total. The number of piperidine rings is 1. The van der Waals surface area contributed by atoms with Gasteiger partial charge in [-0.25, -0.2) is 0 Å². The summed E-state index contributed by atoms with van der Waals surface area (Å²) in [7, 11) is 0. The van der Waals surface area contributed by atoms with Crippen LogP contribution < -0.4 is 5.73 Å². The summed E-state index contributed by atoms with van der Waals surface area (Å²) in [6.45, 7) is 12.9. The molecule has 1 saturated heterocycles. The van der Waals surface area contributed by atoms with Gasteiger partial charge in [0.15, 0.2) is 0 Å². The van der Waals surface area contributed by atoms with Crippen LogP contribution in [0.2, 0.25) is 0 Å². The summed E-state index contributed by atoms with van der Waals surface area (Å²) in [5.74, 6) is 0.945. The van der Waals surface area contributed by atoms with Crippen LogP contribution in [0.4, 0.5) is 0 Å². The zero-order chi connectivity index (χ0) is 12.7. The summed E-state index contributed by atoms with van der Waals surface area (Å²) >= 11 is 0. The Morgan fingerprint density at radius 1 is 1.44 bits per heavy atom. The number of nitrogens with zero attached hydrogens (tertiary/aromatic N) is 1. The standard InChI is InChI=1S/C11H22N2O.C2H6/c1-8(2)13-5-4-10(6-11(12)14)9(3)7-13;1-2/h8-10H,4-7H2,1-3H3,(H2,12,14);1-2H3. The number of hydrogen-bond acceptors (Lipinski definition) is 2. The fourth-order valence-electron chi connectivity index (χ4n) is 2.26. The molecule has 3 nitrogen and oxygen atoms in total. The Kier molecular flexibility index (Phi) is 7.39. The average molecular weight is 228 g/mol. The Bertz CT molecular complexity index is 204. The Balaban J connectivity index is 0.00000106. The molecular formula is C13H28N2O. The van der Waals surface area contributed by atoms with Crippen LogP contribution >= 0.6 is 0 Å². The molecule has 96 valence electrons. The summed E-state index contributed by atoms with van der Waals surface area (Å²) in [6, 6.07) is 0.618. The van der Waals surface area contributed by atoms with Crippen molar-refractivity contribution in [2.75, 3.05) is 13.1 Å². The number of amides is 1. The highest BCUT2D eigenvalue weighted by molar-refractivity contribution is 5.74. The predicted molar refractivity (Wildman–Crippen MR) is 69.1 cm³/mol. The quantitative estimate of drug-likeness (QED) is 0.805. The number of primary amides is 1. The van der Waals surface area contributed by atoms with E-state index in [2.05, 4.69) is 25.7 Å². The molecule has 0 aliphatic carbocycles. The Morgan fingerprint density at radius 3 is 2.38 bits per heavy atom. The minimum absolute atomic E-state index is 0.153. The predicted octanol–water partition coefficient (Wildman–Crippen LogP) is 2.25. The van der Waals surface area contributed by atoms with Gasteiger partial charge in [-0.15, -0.1) is 0 Å². The van der Waals surface area contributed by atoms with Gasteiger partial charge >= 0.3 is 0 Å². The number of nitrogens with two attached hydrogens (primary N) is 1. The minimum atomic E-state index is -0.153. The summed E-state index contributed by atoms with van der Waals surface area (Å²) in [4.78, 5) is 13.3. The fourth-order valence-corrected chi connectivity index (χ4v) is 2.26. The van der Waals surface area contributed by atoms with Crippen LogP contribution in [0.3, 0.4) is 0 Å². The first-order chi connectivity index (χ1) is 7.50. The van der Waals surface area contributed by atoms with Crippen LogP contribution in [-0.2, 0) is 4.79 Å². The highest BCUT2D eigenvalue weighted by atomic mass is 16.1. The number of carbonyl (C=O) groups is 1. The number of carbonyl (C=O) groups excluding carboxylic acids is 1. The number of hydrogen-bond donors (Lipinski definition) is 1. The first-order valence-corrected chi connectivity index (χ1v) is 6.53. The van der Waals surface area contributed by atoms with Crippen molar-refractivity contribution in [3.8, 4) is 0 Å². The molecule has 0 aromatic carbocycles. The molecule has 0 spiro atoms. The van der Waals surface area contributed by atoms with Crippen LogP contribution in [-0.4, -0.2) is 29.9 Å². The summed E-state index contributed by atoms with van der Waals surface area (Å²) < 4.78 is 0. The van der Waals surface area contributed by atoms with Crippen LogP contribution in [0.1, 0.15) is 47.5 Å². The molecule has 1 fully saturated rings. The third-order valence-electron chi connectivity index (χ3n) is 3.31. The van der Waals surface area contributed by atoms with E-state index in [1.165, 1.54) is 0 Å².